The Balaban J connectivity index is 1.57. The largest absolute Gasteiger partial charge is 0.479 e. The van der Waals surface area contributed by atoms with Crippen LogP contribution in [-0.4, -0.2) is 47.4 Å². The van der Waals surface area contributed by atoms with Gasteiger partial charge in [-0.05, 0) is 12.8 Å². The molecule has 2 atom stereocenters. The van der Waals surface area contributed by atoms with Gasteiger partial charge in [0.15, 0.2) is 6.10 Å². The summed E-state index contributed by atoms with van der Waals surface area (Å²) in [7, 11) is 0. The van der Waals surface area contributed by atoms with Crippen LogP contribution in [0.3, 0.4) is 0 Å². The lowest BCUT2D eigenvalue weighted by atomic mass is 10.2. The molecule has 110 valence electrons. The third-order valence-electron chi connectivity index (χ3n) is 3.02. The molecular weight excluding hydrogens is 282 g/mol. The summed E-state index contributed by atoms with van der Waals surface area (Å²) in [6, 6.07) is -0.275. The van der Waals surface area contributed by atoms with E-state index in [1.165, 1.54) is 11.3 Å². The number of ether oxygens (including phenoxy) is 1. The minimum Gasteiger partial charge on any atom is -0.479 e. The molecule has 3 N–H and O–H groups in total. The molecule has 2 amide bonds. The first-order chi connectivity index (χ1) is 9.65. The normalized spacial score (nSPS) is 21.6. The van der Waals surface area contributed by atoms with Gasteiger partial charge < -0.3 is 20.5 Å². The van der Waals surface area contributed by atoms with E-state index in [4.69, 9.17) is 9.84 Å². The van der Waals surface area contributed by atoms with Crippen LogP contribution in [0.15, 0.2) is 10.9 Å². The van der Waals surface area contributed by atoms with Gasteiger partial charge in [-0.2, -0.15) is 0 Å². The van der Waals surface area contributed by atoms with Gasteiger partial charge in [-0.1, -0.05) is 0 Å². The molecule has 0 spiro atoms. The predicted octanol–water partition coefficient (Wildman–Crippen LogP) is 0.617. The first-order valence-electron chi connectivity index (χ1n) is 6.42. The van der Waals surface area contributed by atoms with Crippen molar-refractivity contribution in [1.82, 2.24) is 15.6 Å². The summed E-state index contributed by atoms with van der Waals surface area (Å²) in [5, 5.41) is 16.1. The van der Waals surface area contributed by atoms with E-state index in [1.807, 2.05) is 5.38 Å². The zero-order chi connectivity index (χ0) is 14.4. The van der Waals surface area contributed by atoms with E-state index in [0.29, 0.717) is 32.4 Å². The highest BCUT2D eigenvalue weighted by Crippen LogP contribution is 2.19. The molecule has 7 nitrogen and oxygen atoms in total. The molecule has 1 aliphatic rings. The standard InChI is InChI=1S/C12H17N3O4S/c16-11(17)10-2-1-9(19-10)5-14-12(18)13-4-3-8-6-20-7-15-8/h6-7,9-10H,1-5H2,(H,16,17)(H2,13,14,18). The second kappa shape index (κ2) is 7.20. The van der Waals surface area contributed by atoms with Gasteiger partial charge in [0.1, 0.15) is 0 Å². The fourth-order valence-corrected chi connectivity index (χ4v) is 2.56. The van der Waals surface area contributed by atoms with Crippen LogP contribution < -0.4 is 10.6 Å². The second-order valence-electron chi connectivity index (χ2n) is 4.53. The highest BCUT2D eigenvalue weighted by molar-refractivity contribution is 7.07. The van der Waals surface area contributed by atoms with E-state index in [1.54, 1.807) is 5.51 Å². The average Bonchev–Trinajstić information content (AvgIpc) is 3.07. The van der Waals surface area contributed by atoms with Crippen molar-refractivity contribution in [1.29, 1.82) is 0 Å². The van der Waals surface area contributed by atoms with Gasteiger partial charge in [-0.3, -0.25) is 0 Å². The van der Waals surface area contributed by atoms with E-state index in [9.17, 15) is 9.59 Å². The van der Waals surface area contributed by atoms with Crippen molar-refractivity contribution in [3.05, 3.63) is 16.6 Å². The smallest absolute Gasteiger partial charge is 0.332 e. The Bertz CT molecular complexity index is 452. The van der Waals surface area contributed by atoms with Crippen LogP contribution in [-0.2, 0) is 16.0 Å². The van der Waals surface area contributed by atoms with E-state index in [0.717, 1.165) is 5.69 Å². The molecule has 0 aromatic carbocycles. The molecule has 2 rings (SSSR count). The molecule has 2 unspecified atom stereocenters. The molecule has 1 aliphatic heterocycles. The number of rotatable bonds is 6. The third kappa shape index (κ3) is 4.46. The Kier molecular flexibility index (Phi) is 5.31. The van der Waals surface area contributed by atoms with Gasteiger partial charge in [0.05, 0.1) is 17.3 Å². The number of carboxylic acid groups (broad SMARTS) is 1. The molecule has 20 heavy (non-hydrogen) atoms. The summed E-state index contributed by atoms with van der Waals surface area (Å²) in [4.78, 5) is 26.4. The van der Waals surface area contributed by atoms with E-state index in [2.05, 4.69) is 15.6 Å². The van der Waals surface area contributed by atoms with Crippen LogP contribution in [0.2, 0.25) is 0 Å². The lowest BCUT2D eigenvalue weighted by Gasteiger charge is -2.12. The molecule has 1 aromatic rings. The van der Waals surface area contributed by atoms with E-state index in [-0.39, 0.29) is 12.1 Å². The number of carbonyl (C=O) groups is 2. The number of aliphatic carboxylic acids is 1. The summed E-state index contributed by atoms with van der Waals surface area (Å²) in [5.74, 6) is -0.944. The van der Waals surface area contributed by atoms with Crippen molar-refractivity contribution >= 4 is 23.3 Å². The Labute approximate surface area is 120 Å². The molecule has 0 radical (unpaired) electrons. The minimum absolute atomic E-state index is 0.222. The molecule has 1 aromatic heterocycles. The van der Waals surface area contributed by atoms with E-state index >= 15 is 0 Å². The topological polar surface area (TPSA) is 101 Å². The maximum absolute atomic E-state index is 11.5. The lowest BCUT2D eigenvalue weighted by Crippen LogP contribution is -2.40. The van der Waals surface area contributed by atoms with Gasteiger partial charge in [0.2, 0.25) is 0 Å². The number of thiazole rings is 1. The van der Waals surface area contributed by atoms with Crippen LogP contribution in [0.5, 0.6) is 0 Å². The monoisotopic (exact) mass is 299 g/mol. The molecule has 8 heteroatoms. The highest BCUT2D eigenvalue weighted by atomic mass is 32.1. The van der Waals surface area contributed by atoms with Crippen molar-refractivity contribution < 1.29 is 19.4 Å². The Morgan fingerprint density at radius 3 is 2.95 bits per heavy atom. The summed E-state index contributed by atoms with van der Waals surface area (Å²) in [6.45, 7) is 0.838. The molecule has 0 bridgehead atoms. The molecular formula is C12H17N3O4S. The number of nitrogens with zero attached hydrogens (tertiary/aromatic N) is 1. The number of hydrogen-bond acceptors (Lipinski definition) is 5. The zero-order valence-electron chi connectivity index (χ0n) is 10.9. The summed E-state index contributed by atoms with van der Waals surface area (Å²) < 4.78 is 5.29. The first-order valence-corrected chi connectivity index (χ1v) is 7.36. The fraction of sp³-hybridized carbons (Fsp3) is 0.583. The SMILES string of the molecule is O=C(NCCc1cscn1)NCC1CCC(C(=O)O)O1. The number of carbonyl (C=O) groups excluding carboxylic acids is 1. The summed E-state index contributed by atoms with van der Waals surface area (Å²) in [6.07, 6.45) is 0.871. The fourth-order valence-electron chi connectivity index (χ4n) is 1.97. The summed E-state index contributed by atoms with van der Waals surface area (Å²) in [5.41, 5.74) is 2.71. The summed E-state index contributed by atoms with van der Waals surface area (Å²) >= 11 is 1.52. The molecule has 2 heterocycles. The number of hydrogen-bond donors (Lipinski definition) is 3. The van der Waals surface area contributed by atoms with Gasteiger partial charge in [0, 0.05) is 24.9 Å². The molecule has 0 saturated carbocycles. The number of urea groups is 1. The van der Waals surface area contributed by atoms with Crippen molar-refractivity contribution in [2.45, 2.75) is 31.5 Å². The molecule has 0 aliphatic carbocycles. The van der Waals surface area contributed by atoms with Gasteiger partial charge in [-0.15, -0.1) is 11.3 Å². The second-order valence-corrected chi connectivity index (χ2v) is 5.25. The van der Waals surface area contributed by atoms with Gasteiger partial charge in [0.25, 0.3) is 0 Å². The van der Waals surface area contributed by atoms with Crippen molar-refractivity contribution in [2.24, 2.45) is 0 Å². The number of amides is 2. The number of nitrogens with one attached hydrogen (secondary N) is 2. The van der Waals surface area contributed by atoms with Crippen LogP contribution in [0, 0.1) is 0 Å². The maximum atomic E-state index is 11.5. The van der Waals surface area contributed by atoms with Crippen LogP contribution >= 0.6 is 11.3 Å². The number of aromatic nitrogens is 1. The first kappa shape index (κ1) is 14.7. The van der Waals surface area contributed by atoms with Gasteiger partial charge >= 0.3 is 12.0 Å². The predicted molar refractivity (Wildman–Crippen MR) is 72.8 cm³/mol. The third-order valence-corrected chi connectivity index (χ3v) is 3.66. The van der Waals surface area contributed by atoms with Crippen molar-refractivity contribution in [3.63, 3.8) is 0 Å². The van der Waals surface area contributed by atoms with Crippen LogP contribution in [0.25, 0.3) is 0 Å². The van der Waals surface area contributed by atoms with Crippen molar-refractivity contribution in [2.75, 3.05) is 13.1 Å². The van der Waals surface area contributed by atoms with Crippen molar-refractivity contribution in [3.8, 4) is 0 Å². The molecule has 1 fully saturated rings. The Morgan fingerprint density at radius 2 is 2.30 bits per heavy atom. The Morgan fingerprint density at radius 1 is 1.45 bits per heavy atom. The van der Waals surface area contributed by atoms with Gasteiger partial charge in [-0.25, -0.2) is 14.6 Å². The van der Waals surface area contributed by atoms with Crippen LogP contribution in [0.1, 0.15) is 18.5 Å². The minimum atomic E-state index is -0.944. The maximum Gasteiger partial charge on any atom is 0.332 e. The number of carboxylic acids is 1. The highest BCUT2D eigenvalue weighted by Gasteiger charge is 2.30. The zero-order valence-corrected chi connectivity index (χ0v) is 11.7. The lowest BCUT2D eigenvalue weighted by molar-refractivity contribution is -0.149. The van der Waals surface area contributed by atoms with E-state index < -0.39 is 12.1 Å². The quantitative estimate of drug-likeness (QED) is 0.715. The van der Waals surface area contributed by atoms with Crippen LogP contribution in [0.4, 0.5) is 4.79 Å². The average molecular weight is 299 g/mol. The Hall–Kier alpha value is -1.67. The molecule has 1 saturated heterocycles.